The highest BCUT2D eigenvalue weighted by Gasteiger charge is 2.06. The Morgan fingerprint density at radius 3 is 2.45 bits per heavy atom. The number of rotatable bonds is 3. The van der Waals surface area contributed by atoms with Gasteiger partial charge < -0.3 is 4.74 Å². The molecule has 0 aliphatic rings. The van der Waals surface area contributed by atoms with E-state index in [2.05, 4.69) is 0 Å². The molecule has 102 valence electrons. The summed E-state index contributed by atoms with van der Waals surface area (Å²) in [7, 11) is 0. The number of hydrogen-bond donors (Lipinski definition) is 0. The first-order valence-electron chi connectivity index (χ1n) is 5.96. The maximum atomic E-state index is 11.7. The van der Waals surface area contributed by atoms with Crippen molar-refractivity contribution < 1.29 is 9.53 Å². The Labute approximate surface area is 127 Å². The summed E-state index contributed by atoms with van der Waals surface area (Å²) in [4.78, 5) is 11.7. The van der Waals surface area contributed by atoms with E-state index >= 15 is 0 Å². The first-order chi connectivity index (χ1) is 9.54. The van der Waals surface area contributed by atoms with Crippen LogP contribution in [-0.4, -0.2) is 5.97 Å². The van der Waals surface area contributed by atoms with Crippen LogP contribution in [0.2, 0.25) is 10.0 Å². The van der Waals surface area contributed by atoms with E-state index in [1.807, 2.05) is 31.2 Å². The molecule has 0 radical (unpaired) electrons. The first-order valence-corrected chi connectivity index (χ1v) is 6.72. The van der Waals surface area contributed by atoms with E-state index in [0.29, 0.717) is 10.0 Å². The van der Waals surface area contributed by atoms with Crippen LogP contribution in [0.1, 0.15) is 11.1 Å². The van der Waals surface area contributed by atoms with Crippen LogP contribution in [0.25, 0.3) is 6.08 Å². The largest absolute Gasteiger partial charge is 0.422 e. The third kappa shape index (κ3) is 4.12. The maximum absolute atomic E-state index is 11.7. The van der Waals surface area contributed by atoms with Crippen LogP contribution in [0.15, 0.2) is 48.5 Å². The lowest BCUT2D eigenvalue weighted by Crippen LogP contribution is -2.03. The topological polar surface area (TPSA) is 26.3 Å². The van der Waals surface area contributed by atoms with Gasteiger partial charge >= 0.3 is 5.97 Å². The predicted molar refractivity (Wildman–Crippen MR) is 82.3 cm³/mol. The van der Waals surface area contributed by atoms with Gasteiger partial charge in [-0.2, -0.15) is 0 Å². The van der Waals surface area contributed by atoms with Gasteiger partial charge in [-0.25, -0.2) is 4.79 Å². The lowest BCUT2D eigenvalue weighted by molar-refractivity contribution is -0.128. The number of halogens is 2. The summed E-state index contributed by atoms with van der Waals surface area (Å²) in [6, 6.07) is 12.5. The van der Waals surface area contributed by atoms with Gasteiger partial charge in [-0.3, -0.25) is 0 Å². The minimum Gasteiger partial charge on any atom is -0.422 e. The zero-order valence-electron chi connectivity index (χ0n) is 10.8. The van der Waals surface area contributed by atoms with Gasteiger partial charge in [0, 0.05) is 11.1 Å². The molecular weight excluding hydrogens is 295 g/mol. The molecule has 0 unspecified atom stereocenters. The van der Waals surface area contributed by atoms with Gasteiger partial charge in [0.2, 0.25) is 0 Å². The van der Waals surface area contributed by atoms with Gasteiger partial charge in [-0.15, -0.1) is 0 Å². The van der Waals surface area contributed by atoms with Gasteiger partial charge in [0.25, 0.3) is 0 Å². The predicted octanol–water partition coefficient (Wildman–Crippen LogP) is 4.92. The second-order valence-corrected chi connectivity index (χ2v) is 5.08. The summed E-state index contributed by atoms with van der Waals surface area (Å²) < 4.78 is 5.13. The second-order valence-electron chi connectivity index (χ2n) is 4.24. The van der Waals surface area contributed by atoms with Gasteiger partial charge in [-0.05, 0) is 36.8 Å². The van der Waals surface area contributed by atoms with E-state index in [1.165, 1.54) is 12.1 Å². The minimum absolute atomic E-state index is 0.287. The van der Waals surface area contributed by atoms with Crippen molar-refractivity contribution in [1.29, 1.82) is 0 Å². The lowest BCUT2D eigenvalue weighted by Gasteiger charge is -2.03. The van der Waals surface area contributed by atoms with Crippen molar-refractivity contribution >= 4 is 35.2 Å². The Balaban J connectivity index is 2.03. The fourth-order valence-corrected chi connectivity index (χ4v) is 1.99. The van der Waals surface area contributed by atoms with E-state index in [9.17, 15) is 4.79 Å². The van der Waals surface area contributed by atoms with Crippen molar-refractivity contribution in [3.05, 3.63) is 69.7 Å². The zero-order valence-corrected chi connectivity index (χ0v) is 12.3. The summed E-state index contributed by atoms with van der Waals surface area (Å²) in [5.74, 6) is -0.204. The standard InChI is InChI=1S/C16H12Cl2O2/c1-11-2-4-12(5-3-11)6-9-16(19)20-15-8-7-13(17)10-14(15)18/h2-10H,1H3/b9-6+. The molecule has 0 fully saturated rings. The molecule has 0 bridgehead atoms. The van der Waals surface area contributed by atoms with Crippen molar-refractivity contribution in [2.24, 2.45) is 0 Å². The Hall–Kier alpha value is -1.77. The number of aryl methyl sites for hydroxylation is 1. The second kappa shape index (κ2) is 6.60. The summed E-state index contributed by atoms with van der Waals surface area (Å²) in [5, 5.41) is 0.791. The Bertz CT molecular complexity index is 646. The van der Waals surface area contributed by atoms with Crippen LogP contribution in [-0.2, 0) is 4.79 Å². The number of benzene rings is 2. The lowest BCUT2D eigenvalue weighted by atomic mass is 10.1. The third-order valence-corrected chi connectivity index (χ3v) is 3.12. The molecule has 0 aromatic heterocycles. The molecule has 0 spiro atoms. The molecule has 2 rings (SSSR count). The Morgan fingerprint density at radius 2 is 1.80 bits per heavy atom. The quantitative estimate of drug-likeness (QED) is 0.457. The SMILES string of the molecule is Cc1ccc(/C=C/C(=O)Oc2ccc(Cl)cc2Cl)cc1. The van der Waals surface area contributed by atoms with Crippen LogP contribution >= 0.6 is 23.2 Å². The van der Waals surface area contributed by atoms with E-state index in [4.69, 9.17) is 27.9 Å². The first kappa shape index (κ1) is 14.6. The van der Waals surface area contributed by atoms with Gasteiger partial charge in [0.05, 0.1) is 5.02 Å². The van der Waals surface area contributed by atoms with E-state index in [0.717, 1.165) is 11.1 Å². The average Bonchev–Trinajstić information content (AvgIpc) is 2.41. The third-order valence-electron chi connectivity index (χ3n) is 2.59. The van der Waals surface area contributed by atoms with Crippen molar-refractivity contribution in [1.82, 2.24) is 0 Å². The molecule has 2 nitrogen and oxygen atoms in total. The highest BCUT2D eigenvalue weighted by Crippen LogP contribution is 2.27. The molecule has 0 aliphatic carbocycles. The molecule has 0 N–H and O–H groups in total. The number of esters is 1. The molecular formula is C16H12Cl2O2. The summed E-state index contributed by atoms with van der Waals surface area (Å²) in [5.41, 5.74) is 2.09. The fraction of sp³-hybridized carbons (Fsp3) is 0.0625. The van der Waals surface area contributed by atoms with Crippen LogP contribution in [0.4, 0.5) is 0 Å². The van der Waals surface area contributed by atoms with Crippen LogP contribution in [0.5, 0.6) is 5.75 Å². The fourth-order valence-electron chi connectivity index (χ4n) is 1.54. The number of hydrogen-bond acceptors (Lipinski definition) is 2. The highest BCUT2D eigenvalue weighted by atomic mass is 35.5. The van der Waals surface area contributed by atoms with Gasteiger partial charge in [-0.1, -0.05) is 53.0 Å². The monoisotopic (exact) mass is 306 g/mol. The highest BCUT2D eigenvalue weighted by molar-refractivity contribution is 6.35. The normalized spacial score (nSPS) is 10.8. The molecule has 4 heteroatoms. The summed E-state index contributed by atoms with van der Waals surface area (Å²) in [6.07, 6.45) is 3.04. The molecule has 0 amide bonds. The van der Waals surface area contributed by atoms with Crippen LogP contribution < -0.4 is 4.74 Å². The zero-order chi connectivity index (χ0) is 14.5. The van der Waals surface area contributed by atoms with Crippen molar-refractivity contribution in [2.45, 2.75) is 6.92 Å². The smallest absolute Gasteiger partial charge is 0.336 e. The molecule has 2 aromatic carbocycles. The molecule has 0 atom stereocenters. The molecule has 0 saturated carbocycles. The van der Waals surface area contributed by atoms with E-state index in [1.54, 1.807) is 18.2 Å². The maximum Gasteiger partial charge on any atom is 0.336 e. The molecule has 0 aliphatic heterocycles. The number of carbonyl (C=O) groups is 1. The summed E-state index contributed by atoms with van der Waals surface area (Å²) in [6.45, 7) is 2.00. The molecule has 0 saturated heterocycles. The number of ether oxygens (including phenoxy) is 1. The summed E-state index contributed by atoms with van der Waals surface area (Å²) >= 11 is 11.7. The van der Waals surface area contributed by atoms with Gasteiger partial charge in [0.1, 0.15) is 5.75 Å². The Kier molecular flexibility index (Phi) is 4.83. The van der Waals surface area contributed by atoms with E-state index in [-0.39, 0.29) is 5.75 Å². The van der Waals surface area contributed by atoms with E-state index < -0.39 is 5.97 Å². The minimum atomic E-state index is -0.491. The molecule has 0 heterocycles. The van der Waals surface area contributed by atoms with Crippen LogP contribution in [0, 0.1) is 6.92 Å². The number of carbonyl (C=O) groups excluding carboxylic acids is 1. The Morgan fingerprint density at radius 1 is 1.10 bits per heavy atom. The van der Waals surface area contributed by atoms with Crippen molar-refractivity contribution in [2.75, 3.05) is 0 Å². The molecule has 2 aromatic rings. The van der Waals surface area contributed by atoms with Crippen molar-refractivity contribution in [3.8, 4) is 5.75 Å². The molecule has 20 heavy (non-hydrogen) atoms. The van der Waals surface area contributed by atoms with Crippen molar-refractivity contribution in [3.63, 3.8) is 0 Å². The van der Waals surface area contributed by atoms with Crippen LogP contribution in [0.3, 0.4) is 0 Å². The van der Waals surface area contributed by atoms with Gasteiger partial charge in [0.15, 0.2) is 0 Å². The average molecular weight is 307 g/mol.